The van der Waals surface area contributed by atoms with Crippen molar-refractivity contribution in [3.8, 4) is 23.0 Å². The van der Waals surface area contributed by atoms with E-state index in [-0.39, 0.29) is 13.0 Å². The number of rotatable bonds is 8. The predicted molar refractivity (Wildman–Crippen MR) is 98.3 cm³/mol. The lowest BCUT2D eigenvalue weighted by molar-refractivity contribution is -0.122. The molecular weight excluding hydrogens is 352 g/mol. The Morgan fingerprint density at radius 3 is 2.11 bits per heavy atom. The zero-order valence-electron chi connectivity index (χ0n) is 15.4. The molecular formula is C19H22N2O6. The van der Waals surface area contributed by atoms with E-state index in [0.29, 0.717) is 28.6 Å². The van der Waals surface area contributed by atoms with Crippen LogP contribution in [0.2, 0.25) is 0 Å². The van der Waals surface area contributed by atoms with Gasteiger partial charge in [-0.3, -0.25) is 20.4 Å². The number of benzene rings is 2. The van der Waals surface area contributed by atoms with Crippen LogP contribution in [0.5, 0.6) is 23.0 Å². The van der Waals surface area contributed by atoms with Crippen molar-refractivity contribution >= 4 is 11.8 Å². The van der Waals surface area contributed by atoms with Crippen molar-refractivity contribution in [2.24, 2.45) is 0 Å². The molecule has 27 heavy (non-hydrogen) atoms. The van der Waals surface area contributed by atoms with Crippen LogP contribution in [0, 0.1) is 0 Å². The van der Waals surface area contributed by atoms with Gasteiger partial charge in [-0.2, -0.15) is 0 Å². The largest absolute Gasteiger partial charge is 0.493 e. The molecule has 0 saturated heterocycles. The van der Waals surface area contributed by atoms with Crippen LogP contribution in [0.25, 0.3) is 0 Å². The van der Waals surface area contributed by atoms with E-state index in [1.807, 2.05) is 6.07 Å². The Morgan fingerprint density at radius 2 is 1.44 bits per heavy atom. The van der Waals surface area contributed by atoms with Gasteiger partial charge in [0.15, 0.2) is 23.0 Å². The number of hydrogen-bond acceptors (Lipinski definition) is 6. The molecule has 2 rings (SSSR count). The molecule has 0 radical (unpaired) electrons. The van der Waals surface area contributed by atoms with E-state index in [9.17, 15) is 9.59 Å². The number of carbonyl (C=O) groups is 2. The summed E-state index contributed by atoms with van der Waals surface area (Å²) in [6, 6.07) is 11.8. The summed E-state index contributed by atoms with van der Waals surface area (Å²) < 4.78 is 20.9. The van der Waals surface area contributed by atoms with Gasteiger partial charge in [-0.15, -0.1) is 0 Å². The molecule has 2 amide bonds. The van der Waals surface area contributed by atoms with Gasteiger partial charge in [0.25, 0.3) is 5.91 Å². The smallest absolute Gasteiger partial charge is 0.269 e. The number of nitrogens with one attached hydrogen (secondary N) is 2. The number of carbonyl (C=O) groups excluding carboxylic acids is 2. The zero-order valence-corrected chi connectivity index (χ0v) is 15.4. The topological polar surface area (TPSA) is 95.1 Å². The lowest BCUT2D eigenvalue weighted by Gasteiger charge is -2.12. The van der Waals surface area contributed by atoms with Gasteiger partial charge in [0.2, 0.25) is 5.91 Å². The lowest BCUT2D eigenvalue weighted by Crippen LogP contribution is -2.42. The van der Waals surface area contributed by atoms with E-state index in [1.165, 1.54) is 20.3 Å². The average molecular weight is 374 g/mol. The number of hydrazine groups is 1. The van der Waals surface area contributed by atoms with Crippen molar-refractivity contribution in [3.63, 3.8) is 0 Å². The van der Waals surface area contributed by atoms with E-state index in [2.05, 4.69) is 10.9 Å². The fraction of sp³-hybridized carbons (Fsp3) is 0.263. The first kappa shape index (κ1) is 19.9. The predicted octanol–water partition coefficient (Wildman–Crippen LogP) is 1.94. The van der Waals surface area contributed by atoms with Crippen LogP contribution in [-0.2, 0) is 4.79 Å². The Morgan fingerprint density at radius 1 is 0.815 bits per heavy atom. The second-order valence-corrected chi connectivity index (χ2v) is 5.32. The summed E-state index contributed by atoms with van der Waals surface area (Å²) in [5, 5.41) is 0. The summed E-state index contributed by atoms with van der Waals surface area (Å²) in [7, 11) is 4.52. The molecule has 0 saturated carbocycles. The Hall–Kier alpha value is -3.42. The van der Waals surface area contributed by atoms with Crippen LogP contribution < -0.4 is 29.8 Å². The van der Waals surface area contributed by atoms with E-state index in [0.717, 1.165) is 0 Å². The van der Waals surface area contributed by atoms with Crippen molar-refractivity contribution in [2.45, 2.75) is 6.42 Å². The normalized spacial score (nSPS) is 9.89. The van der Waals surface area contributed by atoms with Crippen molar-refractivity contribution < 1.29 is 28.5 Å². The molecule has 0 atom stereocenters. The first-order chi connectivity index (χ1) is 13.1. The first-order valence-electron chi connectivity index (χ1n) is 8.16. The molecule has 144 valence electrons. The van der Waals surface area contributed by atoms with Crippen LogP contribution in [0.4, 0.5) is 0 Å². The Labute approximate surface area is 157 Å². The SMILES string of the molecule is COc1ccc(C(=O)NNC(=O)CCOc2ccccc2OC)cc1OC. The van der Waals surface area contributed by atoms with Gasteiger partial charge in [-0.05, 0) is 30.3 Å². The molecule has 2 N–H and O–H groups in total. The maximum atomic E-state index is 12.1. The number of ether oxygens (including phenoxy) is 4. The van der Waals surface area contributed by atoms with Gasteiger partial charge in [-0.25, -0.2) is 0 Å². The molecule has 0 aromatic heterocycles. The van der Waals surface area contributed by atoms with Gasteiger partial charge >= 0.3 is 0 Å². The van der Waals surface area contributed by atoms with E-state index in [4.69, 9.17) is 18.9 Å². The summed E-state index contributed by atoms with van der Waals surface area (Å²) in [5.41, 5.74) is 5.00. The van der Waals surface area contributed by atoms with Crippen LogP contribution in [-0.4, -0.2) is 39.8 Å². The molecule has 0 bridgehead atoms. The minimum atomic E-state index is -0.477. The fourth-order valence-corrected chi connectivity index (χ4v) is 2.23. The Balaban J connectivity index is 1.80. The van der Waals surface area contributed by atoms with Crippen LogP contribution in [0.1, 0.15) is 16.8 Å². The van der Waals surface area contributed by atoms with Gasteiger partial charge in [0, 0.05) is 5.56 Å². The monoisotopic (exact) mass is 374 g/mol. The standard InChI is InChI=1S/C19H22N2O6/c1-24-14-6-4-5-7-16(14)27-11-10-18(22)20-21-19(23)13-8-9-15(25-2)17(12-13)26-3/h4-9,12H,10-11H2,1-3H3,(H,20,22)(H,21,23). The second kappa shape index (κ2) is 9.91. The minimum Gasteiger partial charge on any atom is -0.493 e. The lowest BCUT2D eigenvalue weighted by atomic mass is 10.2. The maximum absolute atomic E-state index is 12.1. The number of methoxy groups -OCH3 is 3. The quantitative estimate of drug-likeness (QED) is 0.686. The molecule has 2 aromatic carbocycles. The Kier molecular flexibility index (Phi) is 7.30. The van der Waals surface area contributed by atoms with E-state index < -0.39 is 11.8 Å². The highest BCUT2D eigenvalue weighted by molar-refractivity contribution is 5.96. The first-order valence-corrected chi connectivity index (χ1v) is 8.16. The summed E-state index contributed by atoms with van der Waals surface area (Å²) >= 11 is 0. The van der Waals surface area contributed by atoms with Crippen LogP contribution in [0.15, 0.2) is 42.5 Å². The van der Waals surface area contributed by atoms with Crippen LogP contribution in [0.3, 0.4) is 0 Å². The van der Waals surface area contributed by atoms with Gasteiger partial charge < -0.3 is 18.9 Å². The third-order valence-electron chi connectivity index (χ3n) is 3.62. The van der Waals surface area contributed by atoms with Crippen molar-refractivity contribution in [2.75, 3.05) is 27.9 Å². The van der Waals surface area contributed by atoms with Gasteiger partial charge in [-0.1, -0.05) is 12.1 Å². The van der Waals surface area contributed by atoms with Crippen molar-refractivity contribution in [1.29, 1.82) is 0 Å². The second-order valence-electron chi connectivity index (χ2n) is 5.32. The number of para-hydroxylation sites is 2. The van der Waals surface area contributed by atoms with Crippen LogP contribution >= 0.6 is 0 Å². The van der Waals surface area contributed by atoms with Gasteiger partial charge in [0.05, 0.1) is 34.4 Å². The third kappa shape index (κ3) is 5.53. The molecule has 0 aliphatic carbocycles. The summed E-state index contributed by atoms with van der Waals surface area (Å²) in [4.78, 5) is 24.0. The minimum absolute atomic E-state index is 0.0598. The summed E-state index contributed by atoms with van der Waals surface area (Å²) in [5.74, 6) is 1.18. The molecule has 8 nitrogen and oxygen atoms in total. The molecule has 0 fully saturated rings. The fourth-order valence-electron chi connectivity index (χ4n) is 2.23. The molecule has 0 unspecified atom stereocenters. The highest BCUT2D eigenvalue weighted by Gasteiger charge is 2.12. The molecule has 0 aliphatic rings. The third-order valence-corrected chi connectivity index (χ3v) is 3.62. The highest BCUT2D eigenvalue weighted by atomic mass is 16.5. The maximum Gasteiger partial charge on any atom is 0.269 e. The van der Waals surface area contributed by atoms with E-state index in [1.54, 1.807) is 37.4 Å². The Bertz CT molecular complexity index is 794. The molecule has 2 aromatic rings. The van der Waals surface area contributed by atoms with E-state index >= 15 is 0 Å². The zero-order chi connectivity index (χ0) is 19.6. The highest BCUT2D eigenvalue weighted by Crippen LogP contribution is 2.27. The number of amides is 2. The van der Waals surface area contributed by atoms with Crippen molar-refractivity contribution in [1.82, 2.24) is 10.9 Å². The number of hydrogen-bond donors (Lipinski definition) is 2. The molecule has 0 heterocycles. The summed E-state index contributed by atoms with van der Waals surface area (Å²) in [6.45, 7) is 0.137. The van der Waals surface area contributed by atoms with Crippen molar-refractivity contribution in [3.05, 3.63) is 48.0 Å². The molecule has 0 aliphatic heterocycles. The summed E-state index contributed by atoms with van der Waals surface area (Å²) in [6.07, 6.45) is 0.0598. The molecule has 8 heteroatoms. The average Bonchev–Trinajstić information content (AvgIpc) is 2.71. The molecule has 0 spiro atoms. The van der Waals surface area contributed by atoms with Gasteiger partial charge in [0.1, 0.15) is 0 Å².